The fourth-order valence-corrected chi connectivity index (χ4v) is 2.19. The first kappa shape index (κ1) is 11.0. The molecule has 0 aromatic heterocycles. The third-order valence-corrected chi connectivity index (χ3v) is 2.99. The van der Waals surface area contributed by atoms with Crippen molar-refractivity contribution >= 4 is 5.70 Å². The van der Waals surface area contributed by atoms with Gasteiger partial charge in [-0.05, 0) is 24.8 Å². The van der Waals surface area contributed by atoms with Gasteiger partial charge in [0.25, 0.3) is 0 Å². The third-order valence-electron chi connectivity index (χ3n) is 2.99. The van der Waals surface area contributed by atoms with E-state index in [4.69, 9.17) is 0 Å². The molecule has 0 amide bonds. The molecule has 1 saturated heterocycles. The highest BCUT2D eigenvalue weighted by Crippen LogP contribution is 2.24. The summed E-state index contributed by atoms with van der Waals surface area (Å²) in [6.07, 6.45) is 7.82. The van der Waals surface area contributed by atoms with Crippen LogP contribution in [0.15, 0.2) is 49.1 Å². The van der Waals surface area contributed by atoms with E-state index < -0.39 is 0 Å². The lowest BCUT2D eigenvalue weighted by molar-refractivity contribution is 0.492. The van der Waals surface area contributed by atoms with Crippen molar-refractivity contribution in [3.8, 4) is 0 Å². The summed E-state index contributed by atoms with van der Waals surface area (Å²) in [6, 6.07) is 10.7. The molecule has 0 aliphatic carbocycles. The van der Waals surface area contributed by atoms with Crippen LogP contribution < -0.4 is 0 Å². The number of nitrogens with zero attached hydrogens (tertiary/aromatic N) is 1. The van der Waals surface area contributed by atoms with E-state index in [2.05, 4.69) is 47.9 Å². The van der Waals surface area contributed by atoms with Crippen LogP contribution in [0.4, 0.5) is 0 Å². The summed E-state index contributed by atoms with van der Waals surface area (Å²) in [5, 5.41) is 0. The summed E-state index contributed by atoms with van der Waals surface area (Å²) in [5.41, 5.74) is 2.70. The molecule has 1 heteroatoms. The average molecular weight is 213 g/mol. The first-order valence-corrected chi connectivity index (χ1v) is 6.03. The largest absolute Gasteiger partial charge is 0.371 e. The normalized spacial score (nSPS) is 16.5. The molecule has 1 fully saturated rings. The minimum atomic E-state index is 0.945. The molecular weight excluding hydrogens is 194 g/mol. The van der Waals surface area contributed by atoms with Gasteiger partial charge in [-0.1, -0.05) is 42.5 Å². The van der Waals surface area contributed by atoms with Gasteiger partial charge >= 0.3 is 0 Å². The van der Waals surface area contributed by atoms with Crippen molar-refractivity contribution in [3.63, 3.8) is 0 Å². The van der Waals surface area contributed by atoms with E-state index in [1.165, 1.54) is 37.2 Å². The van der Waals surface area contributed by atoms with E-state index in [0.717, 1.165) is 6.42 Å². The second-order valence-electron chi connectivity index (χ2n) is 4.17. The maximum Gasteiger partial charge on any atom is 0.0402 e. The van der Waals surface area contributed by atoms with Crippen molar-refractivity contribution in [2.24, 2.45) is 0 Å². The van der Waals surface area contributed by atoms with Gasteiger partial charge in [-0.25, -0.2) is 0 Å². The third kappa shape index (κ3) is 2.54. The smallest absolute Gasteiger partial charge is 0.0402 e. The van der Waals surface area contributed by atoms with Crippen LogP contribution >= 0.6 is 0 Å². The molecule has 0 unspecified atom stereocenters. The molecule has 0 atom stereocenters. The highest BCUT2D eigenvalue weighted by molar-refractivity contribution is 5.64. The van der Waals surface area contributed by atoms with Crippen molar-refractivity contribution in [3.05, 3.63) is 54.6 Å². The van der Waals surface area contributed by atoms with Crippen molar-refractivity contribution < 1.29 is 0 Å². The number of rotatable bonds is 4. The molecule has 0 radical (unpaired) electrons. The Bertz CT molecular complexity index is 358. The highest BCUT2D eigenvalue weighted by atomic mass is 15.1. The fraction of sp³-hybridized carbons (Fsp3) is 0.333. The second kappa shape index (κ2) is 5.55. The Morgan fingerprint density at radius 3 is 2.50 bits per heavy atom. The minimum Gasteiger partial charge on any atom is -0.371 e. The summed E-state index contributed by atoms with van der Waals surface area (Å²) >= 11 is 0. The minimum absolute atomic E-state index is 0.945. The first-order chi connectivity index (χ1) is 7.92. The summed E-state index contributed by atoms with van der Waals surface area (Å²) in [7, 11) is 0. The fourth-order valence-electron chi connectivity index (χ4n) is 2.19. The maximum atomic E-state index is 3.79. The molecule has 0 N–H and O–H groups in total. The predicted octanol–water partition coefficient (Wildman–Crippen LogP) is 3.70. The summed E-state index contributed by atoms with van der Waals surface area (Å²) in [4.78, 5) is 2.48. The van der Waals surface area contributed by atoms with Crippen LogP contribution in [-0.2, 0) is 0 Å². The van der Waals surface area contributed by atoms with Crippen molar-refractivity contribution in [1.82, 2.24) is 4.90 Å². The zero-order valence-corrected chi connectivity index (χ0v) is 9.73. The van der Waals surface area contributed by atoms with Gasteiger partial charge in [0.2, 0.25) is 0 Å². The van der Waals surface area contributed by atoms with Crippen LogP contribution in [0, 0.1) is 0 Å². The molecule has 1 aromatic rings. The molecule has 84 valence electrons. The Balaban J connectivity index is 2.23. The standard InChI is InChI=1S/C15H19N/c1-2-3-11-15(16-12-7-8-13-16)14-9-5-4-6-10-14/h2,4-6,9-11H,1,3,7-8,12-13H2/b15-11+. The van der Waals surface area contributed by atoms with Gasteiger partial charge in [0.05, 0.1) is 0 Å². The number of likely N-dealkylation sites (tertiary alicyclic amines) is 1. The SMILES string of the molecule is C=CC/C=C(\c1ccccc1)N1CCCC1. The summed E-state index contributed by atoms with van der Waals surface area (Å²) < 4.78 is 0. The van der Waals surface area contributed by atoms with Gasteiger partial charge < -0.3 is 4.90 Å². The molecule has 1 aromatic carbocycles. The van der Waals surface area contributed by atoms with Gasteiger partial charge in [0.1, 0.15) is 0 Å². The maximum absolute atomic E-state index is 3.79. The molecule has 0 spiro atoms. The number of hydrogen-bond donors (Lipinski definition) is 0. The van der Waals surface area contributed by atoms with E-state index in [1.807, 2.05) is 6.08 Å². The number of benzene rings is 1. The highest BCUT2D eigenvalue weighted by Gasteiger charge is 2.15. The molecule has 1 nitrogen and oxygen atoms in total. The Labute approximate surface area is 98.1 Å². The quantitative estimate of drug-likeness (QED) is 0.689. The van der Waals surface area contributed by atoms with Crippen LogP contribution in [0.3, 0.4) is 0 Å². The van der Waals surface area contributed by atoms with E-state index in [9.17, 15) is 0 Å². The van der Waals surface area contributed by atoms with E-state index >= 15 is 0 Å². The van der Waals surface area contributed by atoms with Gasteiger partial charge in [-0.3, -0.25) is 0 Å². The zero-order valence-electron chi connectivity index (χ0n) is 9.73. The zero-order chi connectivity index (χ0) is 11.2. The van der Waals surface area contributed by atoms with Crippen molar-refractivity contribution in [2.75, 3.05) is 13.1 Å². The average Bonchev–Trinajstić information content (AvgIpc) is 2.85. The van der Waals surface area contributed by atoms with Crippen LogP contribution in [0.2, 0.25) is 0 Å². The van der Waals surface area contributed by atoms with Gasteiger partial charge in [0, 0.05) is 18.8 Å². The Morgan fingerprint density at radius 2 is 1.88 bits per heavy atom. The molecule has 0 bridgehead atoms. The monoisotopic (exact) mass is 213 g/mol. The van der Waals surface area contributed by atoms with Gasteiger partial charge in [-0.15, -0.1) is 6.58 Å². The Kier molecular flexibility index (Phi) is 3.81. The van der Waals surface area contributed by atoms with Crippen molar-refractivity contribution in [2.45, 2.75) is 19.3 Å². The Hall–Kier alpha value is -1.50. The summed E-state index contributed by atoms with van der Waals surface area (Å²) in [6.45, 7) is 6.17. The van der Waals surface area contributed by atoms with E-state index in [0.29, 0.717) is 0 Å². The molecular formula is C15H19N. The predicted molar refractivity (Wildman–Crippen MR) is 70.0 cm³/mol. The number of hydrogen-bond acceptors (Lipinski definition) is 1. The lowest BCUT2D eigenvalue weighted by atomic mass is 10.1. The molecule has 16 heavy (non-hydrogen) atoms. The molecule has 1 aliphatic rings. The molecule has 1 aliphatic heterocycles. The first-order valence-electron chi connectivity index (χ1n) is 6.03. The van der Waals surface area contributed by atoms with Crippen LogP contribution in [-0.4, -0.2) is 18.0 Å². The van der Waals surface area contributed by atoms with Gasteiger partial charge in [0.15, 0.2) is 0 Å². The van der Waals surface area contributed by atoms with E-state index in [1.54, 1.807) is 0 Å². The van der Waals surface area contributed by atoms with Gasteiger partial charge in [-0.2, -0.15) is 0 Å². The Morgan fingerprint density at radius 1 is 1.19 bits per heavy atom. The van der Waals surface area contributed by atoms with Crippen LogP contribution in [0.5, 0.6) is 0 Å². The molecule has 2 rings (SSSR count). The number of allylic oxidation sites excluding steroid dienone is 2. The van der Waals surface area contributed by atoms with E-state index in [-0.39, 0.29) is 0 Å². The lowest BCUT2D eigenvalue weighted by Gasteiger charge is -2.22. The van der Waals surface area contributed by atoms with Crippen LogP contribution in [0.25, 0.3) is 5.70 Å². The molecule has 0 saturated carbocycles. The summed E-state index contributed by atoms with van der Waals surface area (Å²) in [5.74, 6) is 0. The topological polar surface area (TPSA) is 3.24 Å². The molecule has 1 heterocycles. The van der Waals surface area contributed by atoms with Crippen LogP contribution in [0.1, 0.15) is 24.8 Å². The van der Waals surface area contributed by atoms with Crippen molar-refractivity contribution in [1.29, 1.82) is 0 Å². The lowest BCUT2D eigenvalue weighted by Crippen LogP contribution is -2.17. The second-order valence-corrected chi connectivity index (χ2v) is 4.17.